The van der Waals surface area contributed by atoms with Crippen LogP contribution in [0.15, 0.2) is 24.3 Å². The van der Waals surface area contributed by atoms with Gasteiger partial charge in [0.2, 0.25) is 0 Å². The van der Waals surface area contributed by atoms with E-state index in [-0.39, 0.29) is 17.4 Å². The van der Waals surface area contributed by atoms with E-state index in [0.29, 0.717) is 12.5 Å². The number of hydrogen-bond acceptors (Lipinski definition) is 2. The Labute approximate surface area is 104 Å². The highest BCUT2D eigenvalue weighted by Gasteiger charge is 2.51. The third kappa shape index (κ3) is 2.53. The van der Waals surface area contributed by atoms with Crippen LogP contribution in [-0.2, 0) is 0 Å². The van der Waals surface area contributed by atoms with Gasteiger partial charge in [-0.25, -0.2) is 0 Å². The molecular weight excluding hydrogens is 210 g/mol. The smallest absolute Gasteiger partial charge is 0.0654 e. The number of aliphatic hydroxyl groups excluding tert-OH is 1. The fraction of sp³-hybridized carbons (Fsp3) is 0.600. The molecule has 0 heterocycles. The molecule has 0 saturated heterocycles. The molecule has 1 aromatic carbocycles. The predicted molar refractivity (Wildman–Crippen MR) is 70.9 cm³/mol. The van der Waals surface area contributed by atoms with E-state index in [1.807, 2.05) is 6.07 Å². The summed E-state index contributed by atoms with van der Waals surface area (Å²) >= 11 is 0. The monoisotopic (exact) mass is 233 g/mol. The van der Waals surface area contributed by atoms with Crippen LogP contribution in [0, 0.1) is 18.3 Å². The maximum atomic E-state index is 10.4. The molecule has 3 atom stereocenters. The van der Waals surface area contributed by atoms with Gasteiger partial charge in [0.25, 0.3) is 0 Å². The number of benzene rings is 1. The summed E-state index contributed by atoms with van der Waals surface area (Å²) in [6.45, 7) is 7.01. The van der Waals surface area contributed by atoms with E-state index in [1.165, 1.54) is 11.1 Å². The van der Waals surface area contributed by atoms with Gasteiger partial charge < -0.3 is 10.8 Å². The van der Waals surface area contributed by atoms with Crippen LogP contribution < -0.4 is 5.73 Å². The number of rotatable bonds is 4. The van der Waals surface area contributed by atoms with Crippen LogP contribution >= 0.6 is 0 Å². The summed E-state index contributed by atoms with van der Waals surface area (Å²) in [6.07, 6.45) is 0.799. The first kappa shape index (κ1) is 12.6. The summed E-state index contributed by atoms with van der Waals surface area (Å²) < 4.78 is 0. The third-order valence-corrected chi connectivity index (χ3v) is 4.14. The Morgan fingerprint density at radius 3 is 2.59 bits per heavy atom. The van der Waals surface area contributed by atoms with Crippen molar-refractivity contribution in [3.05, 3.63) is 35.4 Å². The molecule has 0 bridgehead atoms. The minimum absolute atomic E-state index is 0.0710. The van der Waals surface area contributed by atoms with Gasteiger partial charge >= 0.3 is 0 Å². The Bertz CT molecular complexity index is 400. The Hall–Kier alpha value is -0.860. The largest absolute Gasteiger partial charge is 0.392 e. The first-order valence-corrected chi connectivity index (χ1v) is 6.40. The molecule has 1 fully saturated rings. The van der Waals surface area contributed by atoms with E-state index in [4.69, 9.17) is 5.73 Å². The summed E-state index contributed by atoms with van der Waals surface area (Å²) in [7, 11) is 0. The Kier molecular flexibility index (Phi) is 3.28. The molecule has 2 heteroatoms. The van der Waals surface area contributed by atoms with Crippen LogP contribution in [-0.4, -0.2) is 17.8 Å². The lowest BCUT2D eigenvalue weighted by Crippen LogP contribution is -2.29. The standard InChI is InChI=1S/C15H23NO/c1-10-5-4-6-11(7-10)12(9-16)14(17)13-8-15(13,2)3/h4-7,12-14,17H,8-9,16H2,1-3H3. The molecule has 2 nitrogen and oxygen atoms in total. The van der Waals surface area contributed by atoms with Crippen LogP contribution in [0.2, 0.25) is 0 Å². The van der Waals surface area contributed by atoms with Gasteiger partial charge in [-0.1, -0.05) is 43.7 Å². The number of nitrogens with two attached hydrogens (primary N) is 1. The van der Waals surface area contributed by atoms with E-state index in [9.17, 15) is 5.11 Å². The van der Waals surface area contributed by atoms with Crippen molar-refractivity contribution in [2.75, 3.05) is 6.54 Å². The normalized spacial score (nSPS) is 25.4. The molecule has 3 unspecified atom stereocenters. The van der Waals surface area contributed by atoms with Crippen molar-refractivity contribution in [3.63, 3.8) is 0 Å². The molecule has 0 radical (unpaired) electrons. The molecule has 0 spiro atoms. The maximum absolute atomic E-state index is 10.4. The van der Waals surface area contributed by atoms with E-state index in [0.717, 1.165) is 6.42 Å². The zero-order chi connectivity index (χ0) is 12.6. The Morgan fingerprint density at radius 1 is 1.47 bits per heavy atom. The fourth-order valence-electron chi connectivity index (χ4n) is 2.74. The van der Waals surface area contributed by atoms with Crippen LogP contribution in [0.1, 0.15) is 37.3 Å². The van der Waals surface area contributed by atoms with E-state index in [2.05, 4.69) is 39.0 Å². The molecule has 2 rings (SSSR count). The van der Waals surface area contributed by atoms with Crippen LogP contribution in [0.25, 0.3) is 0 Å². The summed E-state index contributed by atoms with van der Waals surface area (Å²) in [5.74, 6) is 0.471. The molecule has 1 saturated carbocycles. The van der Waals surface area contributed by atoms with E-state index >= 15 is 0 Å². The second-order valence-electron chi connectivity index (χ2n) is 6.05. The van der Waals surface area contributed by atoms with E-state index < -0.39 is 0 Å². The lowest BCUT2D eigenvalue weighted by atomic mass is 9.88. The number of aliphatic hydroxyl groups is 1. The highest BCUT2D eigenvalue weighted by Crippen LogP contribution is 2.55. The van der Waals surface area contributed by atoms with Gasteiger partial charge in [0.15, 0.2) is 0 Å². The van der Waals surface area contributed by atoms with Crippen molar-refractivity contribution in [1.82, 2.24) is 0 Å². The third-order valence-electron chi connectivity index (χ3n) is 4.14. The predicted octanol–water partition coefficient (Wildman–Crippen LogP) is 2.44. The van der Waals surface area contributed by atoms with Gasteiger partial charge in [-0.2, -0.15) is 0 Å². The van der Waals surface area contributed by atoms with Crippen molar-refractivity contribution >= 4 is 0 Å². The average Bonchev–Trinajstić information content (AvgIpc) is 2.89. The van der Waals surface area contributed by atoms with Gasteiger partial charge in [0.05, 0.1) is 6.10 Å². The topological polar surface area (TPSA) is 46.2 Å². The average molecular weight is 233 g/mol. The van der Waals surface area contributed by atoms with Gasteiger partial charge in [-0.05, 0) is 30.2 Å². The molecule has 1 aliphatic rings. The molecule has 3 N–H and O–H groups in total. The van der Waals surface area contributed by atoms with Crippen molar-refractivity contribution in [3.8, 4) is 0 Å². The molecular formula is C15H23NO. The first-order valence-electron chi connectivity index (χ1n) is 6.40. The van der Waals surface area contributed by atoms with Gasteiger partial charge in [0, 0.05) is 12.5 Å². The Morgan fingerprint density at radius 2 is 2.12 bits per heavy atom. The van der Waals surface area contributed by atoms with Gasteiger partial charge in [-0.3, -0.25) is 0 Å². The molecule has 1 aliphatic carbocycles. The second-order valence-corrected chi connectivity index (χ2v) is 6.05. The summed E-state index contributed by atoms with van der Waals surface area (Å²) in [5.41, 5.74) is 8.53. The van der Waals surface area contributed by atoms with Crippen LogP contribution in [0.4, 0.5) is 0 Å². The molecule has 0 amide bonds. The lowest BCUT2D eigenvalue weighted by Gasteiger charge is -2.23. The lowest BCUT2D eigenvalue weighted by molar-refractivity contribution is 0.109. The van der Waals surface area contributed by atoms with Gasteiger partial charge in [0.1, 0.15) is 0 Å². The zero-order valence-electron chi connectivity index (χ0n) is 11.0. The Balaban J connectivity index is 2.16. The quantitative estimate of drug-likeness (QED) is 0.839. The first-order chi connectivity index (χ1) is 7.95. The minimum atomic E-state index is -0.309. The number of hydrogen-bond donors (Lipinski definition) is 2. The second kappa shape index (κ2) is 4.43. The minimum Gasteiger partial charge on any atom is -0.392 e. The highest BCUT2D eigenvalue weighted by molar-refractivity contribution is 5.27. The van der Waals surface area contributed by atoms with E-state index in [1.54, 1.807) is 0 Å². The molecule has 0 aromatic heterocycles. The molecule has 1 aromatic rings. The molecule has 17 heavy (non-hydrogen) atoms. The highest BCUT2D eigenvalue weighted by atomic mass is 16.3. The zero-order valence-corrected chi connectivity index (χ0v) is 11.0. The SMILES string of the molecule is Cc1cccc(C(CN)C(O)C2CC2(C)C)c1. The van der Waals surface area contributed by atoms with Crippen molar-refractivity contribution in [1.29, 1.82) is 0 Å². The fourth-order valence-corrected chi connectivity index (χ4v) is 2.74. The van der Waals surface area contributed by atoms with Crippen LogP contribution in [0.3, 0.4) is 0 Å². The summed E-state index contributed by atoms with van der Waals surface area (Å²) in [4.78, 5) is 0. The van der Waals surface area contributed by atoms with Crippen LogP contribution in [0.5, 0.6) is 0 Å². The number of aryl methyl sites for hydroxylation is 1. The van der Waals surface area contributed by atoms with Gasteiger partial charge in [-0.15, -0.1) is 0 Å². The maximum Gasteiger partial charge on any atom is 0.0654 e. The molecule has 94 valence electrons. The summed E-state index contributed by atoms with van der Waals surface area (Å²) in [6, 6.07) is 8.32. The summed E-state index contributed by atoms with van der Waals surface area (Å²) in [5, 5.41) is 10.4. The molecule has 0 aliphatic heterocycles. The van der Waals surface area contributed by atoms with Crippen molar-refractivity contribution < 1.29 is 5.11 Å². The van der Waals surface area contributed by atoms with Crippen molar-refractivity contribution in [2.45, 2.75) is 39.2 Å². The van der Waals surface area contributed by atoms with Crippen molar-refractivity contribution in [2.24, 2.45) is 17.1 Å².